The molecule has 0 radical (unpaired) electrons. The van der Waals surface area contributed by atoms with Gasteiger partial charge >= 0.3 is 0 Å². The number of rotatable bonds is 0. The molecule has 1 fully saturated rings. The Hall–Kier alpha value is -0.860. The fourth-order valence-corrected chi connectivity index (χ4v) is 2.04. The first-order valence-corrected chi connectivity index (χ1v) is 5.34. The van der Waals surface area contributed by atoms with E-state index in [9.17, 15) is 0 Å². The first-order valence-electron chi connectivity index (χ1n) is 4.52. The van der Waals surface area contributed by atoms with Crippen LogP contribution in [0.5, 0.6) is 0 Å². The van der Waals surface area contributed by atoms with Crippen LogP contribution in [0.3, 0.4) is 0 Å². The fourth-order valence-electron chi connectivity index (χ4n) is 1.11. The SMILES string of the molecule is C1CN1.Cc1cc2ccccc2s1. The summed E-state index contributed by atoms with van der Waals surface area (Å²) in [5.74, 6) is 0. The molecule has 0 unspecified atom stereocenters. The average Bonchev–Trinajstić information content (AvgIpc) is 2.93. The molecule has 1 aliphatic rings. The van der Waals surface area contributed by atoms with Crippen LogP contribution in [0.2, 0.25) is 0 Å². The van der Waals surface area contributed by atoms with Gasteiger partial charge in [0.2, 0.25) is 0 Å². The maximum absolute atomic E-state index is 3.00. The van der Waals surface area contributed by atoms with Gasteiger partial charge in [-0.15, -0.1) is 11.3 Å². The van der Waals surface area contributed by atoms with Crippen LogP contribution in [0.4, 0.5) is 0 Å². The van der Waals surface area contributed by atoms with E-state index in [1.54, 1.807) is 0 Å². The van der Waals surface area contributed by atoms with Crippen LogP contribution in [-0.2, 0) is 0 Å². The highest BCUT2D eigenvalue weighted by Gasteiger charge is 1.93. The average molecular weight is 191 g/mol. The topological polar surface area (TPSA) is 21.9 Å². The summed E-state index contributed by atoms with van der Waals surface area (Å²) in [6.45, 7) is 4.64. The lowest BCUT2D eigenvalue weighted by Gasteiger charge is -1.82. The van der Waals surface area contributed by atoms with E-state index in [-0.39, 0.29) is 0 Å². The van der Waals surface area contributed by atoms with E-state index in [0.717, 1.165) is 0 Å². The van der Waals surface area contributed by atoms with Gasteiger partial charge in [-0.25, -0.2) is 0 Å². The van der Waals surface area contributed by atoms with Gasteiger partial charge in [0.25, 0.3) is 0 Å². The quantitative estimate of drug-likeness (QED) is 0.635. The summed E-state index contributed by atoms with van der Waals surface area (Å²) in [5, 5.41) is 4.37. The van der Waals surface area contributed by atoms with Crippen molar-refractivity contribution in [3.8, 4) is 0 Å². The van der Waals surface area contributed by atoms with Crippen molar-refractivity contribution in [2.45, 2.75) is 6.92 Å². The van der Waals surface area contributed by atoms with E-state index < -0.39 is 0 Å². The standard InChI is InChI=1S/C9H8S.C2H5N/c1-7-6-8-4-2-3-5-9(8)10-7;1-2-3-1/h2-6H,1H3;3H,1-2H2. The monoisotopic (exact) mass is 191 g/mol. The minimum atomic E-state index is 1.25. The molecule has 0 spiro atoms. The van der Waals surface area contributed by atoms with E-state index in [0.29, 0.717) is 0 Å². The van der Waals surface area contributed by atoms with E-state index in [4.69, 9.17) is 0 Å². The van der Waals surface area contributed by atoms with Crippen molar-refractivity contribution in [3.05, 3.63) is 35.2 Å². The van der Waals surface area contributed by atoms with Crippen LogP contribution in [0.1, 0.15) is 4.88 Å². The highest BCUT2D eigenvalue weighted by molar-refractivity contribution is 7.19. The Morgan fingerprint density at radius 2 is 1.92 bits per heavy atom. The minimum absolute atomic E-state index is 1.25. The second-order valence-electron chi connectivity index (χ2n) is 3.14. The third-order valence-electron chi connectivity index (χ3n) is 1.80. The molecule has 68 valence electrons. The second-order valence-corrected chi connectivity index (χ2v) is 4.43. The van der Waals surface area contributed by atoms with Crippen LogP contribution in [-0.4, -0.2) is 13.1 Å². The number of aryl methyl sites for hydroxylation is 1. The number of thiophene rings is 1. The molecule has 0 bridgehead atoms. The van der Waals surface area contributed by atoms with Gasteiger partial charge < -0.3 is 5.32 Å². The zero-order valence-electron chi connectivity index (χ0n) is 7.71. The largest absolute Gasteiger partial charge is 0.314 e. The smallest absolute Gasteiger partial charge is 0.0345 e. The van der Waals surface area contributed by atoms with Gasteiger partial charge in [0.05, 0.1) is 0 Å². The molecule has 2 heteroatoms. The first kappa shape index (κ1) is 8.73. The summed E-state index contributed by atoms with van der Waals surface area (Å²) in [4.78, 5) is 1.39. The molecule has 0 saturated carbocycles. The number of benzene rings is 1. The summed E-state index contributed by atoms with van der Waals surface area (Å²) in [7, 11) is 0. The van der Waals surface area contributed by atoms with Crippen LogP contribution in [0.15, 0.2) is 30.3 Å². The van der Waals surface area contributed by atoms with Crippen molar-refractivity contribution in [2.75, 3.05) is 13.1 Å². The lowest BCUT2D eigenvalue weighted by atomic mass is 10.2. The zero-order chi connectivity index (χ0) is 9.10. The normalized spacial score (nSPS) is 13.6. The van der Waals surface area contributed by atoms with Gasteiger partial charge in [0.1, 0.15) is 0 Å². The van der Waals surface area contributed by atoms with Crippen LogP contribution >= 0.6 is 11.3 Å². The Balaban J connectivity index is 0.000000185. The minimum Gasteiger partial charge on any atom is -0.314 e. The lowest BCUT2D eigenvalue weighted by Crippen LogP contribution is -1.56. The Morgan fingerprint density at radius 1 is 1.23 bits per heavy atom. The molecule has 1 N–H and O–H groups in total. The highest BCUT2D eigenvalue weighted by atomic mass is 32.1. The van der Waals surface area contributed by atoms with E-state index in [1.165, 1.54) is 28.1 Å². The predicted molar refractivity (Wildman–Crippen MR) is 59.4 cm³/mol. The van der Waals surface area contributed by atoms with Crippen molar-refractivity contribution in [3.63, 3.8) is 0 Å². The molecule has 1 saturated heterocycles. The maximum Gasteiger partial charge on any atom is 0.0345 e. The second kappa shape index (κ2) is 3.90. The van der Waals surface area contributed by atoms with Crippen molar-refractivity contribution >= 4 is 21.4 Å². The van der Waals surface area contributed by atoms with Crippen LogP contribution in [0, 0.1) is 6.92 Å². The summed E-state index contributed by atoms with van der Waals surface area (Å²) < 4.78 is 1.39. The molecule has 0 amide bonds. The Kier molecular flexibility index (Phi) is 2.62. The molecule has 2 heterocycles. The van der Waals surface area contributed by atoms with E-state index >= 15 is 0 Å². The molecular weight excluding hydrogens is 178 g/mol. The molecule has 0 aliphatic carbocycles. The third kappa shape index (κ3) is 2.54. The first-order chi connectivity index (χ1) is 6.36. The molecule has 1 aromatic carbocycles. The Morgan fingerprint density at radius 3 is 2.54 bits per heavy atom. The zero-order valence-corrected chi connectivity index (χ0v) is 8.53. The Labute approximate surface area is 82.4 Å². The van der Waals surface area contributed by atoms with Crippen LogP contribution < -0.4 is 5.32 Å². The fraction of sp³-hybridized carbons (Fsp3) is 0.273. The molecule has 1 aromatic heterocycles. The molecule has 2 aromatic rings. The van der Waals surface area contributed by atoms with Crippen molar-refractivity contribution in [1.29, 1.82) is 0 Å². The summed E-state index contributed by atoms with van der Waals surface area (Å²) in [5.41, 5.74) is 0. The third-order valence-corrected chi connectivity index (χ3v) is 2.83. The number of hydrogen-bond donors (Lipinski definition) is 1. The predicted octanol–water partition coefficient (Wildman–Crippen LogP) is 2.80. The van der Waals surface area contributed by atoms with E-state index in [2.05, 4.69) is 42.6 Å². The summed E-state index contributed by atoms with van der Waals surface area (Å²) in [6, 6.07) is 10.7. The molecule has 1 nitrogen and oxygen atoms in total. The molecule has 0 atom stereocenters. The Bertz CT molecular complexity index is 354. The van der Waals surface area contributed by atoms with Gasteiger partial charge in [-0.05, 0) is 24.4 Å². The lowest BCUT2D eigenvalue weighted by molar-refractivity contribution is 1.34. The molecule has 1 aliphatic heterocycles. The van der Waals surface area contributed by atoms with Crippen molar-refractivity contribution < 1.29 is 0 Å². The van der Waals surface area contributed by atoms with Gasteiger partial charge in [0, 0.05) is 22.7 Å². The molecule has 13 heavy (non-hydrogen) atoms. The number of fused-ring (bicyclic) bond motifs is 1. The van der Waals surface area contributed by atoms with Crippen LogP contribution in [0.25, 0.3) is 10.1 Å². The summed E-state index contributed by atoms with van der Waals surface area (Å²) in [6.07, 6.45) is 0. The van der Waals surface area contributed by atoms with Gasteiger partial charge in [-0.1, -0.05) is 18.2 Å². The number of hydrogen-bond acceptors (Lipinski definition) is 2. The van der Waals surface area contributed by atoms with Gasteiger partial charge in [0.15, 0.2) is 0 Å². The van der Waals surface area contributed by atoms with Gasteiger partial charge in [-0.2, -0.15) is 0 Å². The van der Waals surface area contributed by atoms with Crippen molar-refractivity contribution in [2.24, 2.45) is 0 Å². The van der Waals surface area contributed by atoms with Crippen molar-refractivity contribution in [1.82, 2.24) is 5.32 Å². The number of nitrogens with one attached hydrogen (secondary N) is 1. The molecule has 3 rings (SSSR count). The maximum atomic E-state index is 3.00. The van der Waals surface area contributed by atoms with E-state index in [1.807, 2.05) is 11.3 Å². The molecular formula is C11H13NS. The van der Waals surface area contributed by atoms with Gasteiger partial charge in [-0.3, -0.25) is 0 Å². The highest BCUT2D eigenvalue weighted by Crippen LogP contribution is 2.23. The summed E-state index contributed by atoms with van der Waals surface area (Å²) >= 11 is 1.85.